The van der Waals surface area contributed by atoms with Crippen molar-refractivity contribution in [2.24, 2.45) is 5.92 Å². The average molecular weight is 319 g/mol. The van der Waals surface area contributed by atoms with Crippen molar-refractivity contribution >= 4 is 29.7 Å². The monoisotopic (exact) mass is 318 g/mol. The number of carbonyl (C=O) groups is 1. The maximum absolute atomic E-state index is 12.4. The average Bonchev–Trinajstić information content (AvgIpc) is 2.93. The van der Waals surface area contributed by atoms with Crippen LogP contribution >= 0.6 is 23.7 Å². The Morgan fingerprint density at radius 3 is 2.80 bits per heavy atom. The predicted molar refractivity (Wildman–Crippen MR) is 85.3 cm³/mol. The lowest BCUT2D eigenvalue weighted by Crippen LogP contribution is -2.40. The van der Waals surface area contributed by atoms with Gasteiger partial charge in [-0.3, -0.25) is 4.79 Å². The summed E-state index contributed by atoms with van der Waals surface area (Å²) < 4.78 is 5.22. The molecule has 0 aromatic carbocycles. The number of nitrogens with one attached hydrogen (secondary N) is 1. The molecule has 0 unspecified atom stereocenters. The summed E-state index contributed by atoms with van der Waals surface area (Å²) in [7, 11) is 1.61. The molecule has 6 heteroatoms. The molecule has 1 fully saturated rings. The van der Waals surface area contributed by atoms with E-state index in [0.29, 0.717) is 11.7 Å². The molecule has 0 radical (unpaired) electrons. The number of hydrogen-bond donors (Lipinski definition) is 1. The third-order valence-corrected chi connectivity index (χ3v) is 4.51. The molecule has 4 nitrogen and oxygen atoms in total. The molecule has 0 spiro atoms. The number of thiophene rings is 1. The molecule has 2 heterocycles. The molecule has 1 N–H and O–H groups in total. The summed E-state index contributed by atoms with van der Waals surface area (Å²) in [6.07, 6.45) is 2.18. The number of likely N-dealkylation sites (tertiary alicyclic amines) is 1. The first-order valence-corrected chi connectivity index (χ1v) is 7.75. The van der Waals surface area contributed by atoms with Crippen LogP contribution in [0.25, 0.3) is 0 Å². The van der Waals surface area contributed by atoms with E-state index < -0.39 is 0 Å². The van der Waals surface area contributed by atoms with Gasteiger partial charge in [0, 0.05) is 13.1 Å². The minimum absolute atomic E-state index is 0. The van der Waals surface area contributed by atoms with Crippen molar-refractivity contribution < 1.29 is 9.53 Å². The Hall–Kier alpha value is -0.780. The first-order chi connectivity index (χ1) is 9.26. The zero-order valence-corrected chi connectivity index (χ0v) is 13.7. The van der Waals surface area contributed by atoms with Crippen LogP contribution in [0.5, 0.6) is 5.75 Å². The Bertz CT molecular complexity index is 417. The molecule has 0 aliphatic carbocycles. The lowest BCUT2D eigenvalue weighted by atomic mass is 9.96. The van der Waals surface area contributed by atoms with Gasteiger partial charge in [-0.1, -0.05) is 6.92 Å². The molecule has 0 bridgehead atoms. The maximum Gasteiger partial charge on any atom is 0.267 e. The van der Waals surface area contributed by atoms with Gasteiger partial charge in [0.25, 0.3) is 5.91 Å². The molecule has 1 saturated heterocycles. The number of piperidine rings is 1. The van der Waals surface area contributed by atoms with Crippen LogP contribution in [0.3, 0.4) is 0 Å². The highest BCUT2D eigenvalue weighted by Gasteiger charge is 2.25. The van der Waals surface area contributed by atoms with E-state index in [-0.39, 0.29) is 18.3 Å². The van der Waals surface area contributed by atoms with Gasteiger partial charge < -0.3 is 15.0 Å². The number of hydrogen-bond acceptors (Lipinski definition) is 4. The number of halogens is 1. The van der Waals surface area contributed by atoms with Gasteiger partial charge in [-0.25, -0.2) is 0 Å². The van der Waals surface area contributed by atoms with Crippen LogP contribution in [0, 0.1) is 5.92 Å². The summed E-state index contributed by atoms with van der Waals surface area (Å²) in [6.45, 7) is 5.93. The highest BCUT2D eigenvalue weighted by Crippen LogP contribution is 2.27. The van der Waals surface area contributed by atoms with E-state index in [2.05, 4.69) is 12.2 Å². The minimum Gasteiger partial charge on any atom is -0.495 e. The second-order valence-electron chi connectivity index (χ2n) is 4.86. The standard InChI is InChI=1S/C14H22N2O2S.ClH/c1-3-15-10-11-4-7-16(8-5-11)14(17)13-12(18-2)6-9-19-13;/h6,9,11,15H,3-5,7-8,10H2,1-2H3;1H. The molecule has 1 aromatic rings. The smallest absolute Gasteiger partial charge is 0.267 e. The highest BCUT2D eigenvalue weighted by atomic mass is 35.5. The number of methoxy groups -OCH3 is 1. The number of ether oxygens (including phenoxy) is 1. The summed E-state index contributed by atoms with van der Waals surface area (Å²) in [5.41, 5.74) is 0. The summed E-state index contributed by atoms with van der Waals surface area (Å²) in [5.74, 6) is 1.52. The summed E-state index contributed by atoms with van der Waals surface area (Å²) in [4.78, 5) is 15.1. The van der Waals surface area contributed by atoms with Crippen LogP contribution in [0.15, 0.2) is 11.4 Å². The second-order valence-corrected chi connectivity index (χ2v) is 5.78. The van der Waals surface area contributed by atoms with Crippen molar-refractivity contribution in [2.75, 3.05) is 33.3 Å². The fourth-order valence-corrected chi connectivity index (χ4v) is 3.27. The van der Waals surface area contributed by atoms with Gasteiger partial charge >= 0.3 is 0 Å². The topological polar surface area (TPSA) is 41.6 Å². The number of rotatable bonds is 5. The number of carbonyl (C=O) groups excluding carboxylic acids is 1. The van der Waals surface area contributed by atoms with E-state index in [9.17, 15) is 4.79 Å². The molecule has 114 valence electrons. The van der Waals surface area contributed by atoms with Gasteiger partial charge in [0.2, 0.25) is 0 Å². The molecular weight excluding hydrogens is 296 g/mol. The van der Waals surface area contributed by atoms with Gasteiger partial charge in [-0.15, -0.1) is 23.7 Å². The molecule has 1 aliphatic rings. The quantitative estimate of drug-likeness (QED) is 0.907. The summed E-state index contributed by atoms with van der Waals surface area (Å²) >= 11 is 1.46. The van der Waals surface area contributed by atoms with E-state index in [1.165, 1.54) is 11.3 Å². The molecule has 1 aliphatic heterocycles. The fraction of sp³-hybridized carbons (Fsp3) is 0.643. The Kier molecular flexibility index (Phi) is 7.34. The van der Waals surface area contributed by atoms with Crippen LogP contribution in [0.1, 0.15) is 29.4 Å². The third-order valence-electron chi connectivity index (χ3n) is 3.63. The molecule has 20 heavy (non-hydrogen) atoms. The van der Waals surface area contributed by atoms with Crippen molar-refractivity contribution in [1.29, 1.82) is 0 Å². The van der Waals surface area contributed by atoms with E-state index in [0.717, 1.165) is 43.9 Å². The van der Waals surface area contributed by atoms with Gasteiger partial charge in [0.05, 0.1) is 7.11 Å². The highest BCUT2D eigenvalue weighted by molar-refractivity contribution is 7.12. The third kappa shape index (κ3) is 4.11. The van der Waals surface area contributed by atoms with E-state index in [1.54, 1.807) is 7.11 Å². The molecule has 0 saturated carbocycles. The fourth-order valence-electron chi connectivity index (χ4n) is 2.45. The molecule has 0 atom stereocenters. The van der Waals surface area contributed by atoms with E-state index in [1.807, 2.05) is 16.3 Å². The van der Waals surface area contributed by atoms with Crippen molar-refractivity contribution in [3.63, 3.8) is 0 Å². The first kappa shape index (κ1) is 17.3. The van der Waals surface area contributed by atoms with Crippen molar-refractivity contribution in [2.45, 2.75) is 19.8 Å². The lowest BCUT2D eigenvalue weighted by Gasteiger charge is -2.32. The van der Waals surface area contributed by atoms with E-state index >= 15 is 0 Å². The van der Waals surface area contributed by atoms with Crippen LogP contribution in [0.4, 0.5) is 0 Å². The van der Waals surface area contributed by atoms with Gasteiger partial charge in [0.1, 0.15) is 10.6 Å². The zero-order chi connectivity index (χ0) is 13.7. The maximum atomic E-state index is 12.4. The van der Waals surface area contributed by atoms with Crippen molar-refractivity contribution in [3.05, 3.63) is 16.3 Å². The molecule has 1 amide bonds. The molecule has 1 aromatic heterocycles. The SMILES string of the molecule is CCNCC1CCN(C(=O)c2sccc2OC)CC1.Cl. The molecular formula is C14H23ClN2O2S. The van der Waals surface area contributed by atoms with E-state index in [4.69, 9.17) is 4.74 Å². The number of nitrogens with zero attached hydrogens (tertiary/aromatic N) is 1. The molecule has 2 rings (SSSR count). The summed E-state index contributed by atoms with van der Waals surface area (Å²) in [6, 6.07) is 1.86. The van der Waals surface area contributed by atoms with Crippen molar-refractivity contribution in [1.82, 2.24) is 10.2 Å². The first-order valence-electron chi connectivity index (χ1n) is 6.87. The second kappa shape index (κ2) is 8.49. The Labute approximate surface area is 130 Å². The Balaban J connectivity index is 0.00000200. The lowest BCUT2D eigenvalue weighted by molar-refractivity contribution is 0.0692. The summed E-state index contributed by atoms with van der Waals surface area (Å²) in [5, 5.41) is 5.29. The van der Waals surface area contributed by atoms with Crippen LogP contribution in [-0.4, -0.2) is 44.1 Å². The zero-order valence-electron chi connectivity index (χ0n) is 12.1. The predicted octanol–water partition coefficient (Wildman–Crippen LogP) is 2.64. The van der Waals surface area contributed by atoms with Crippen LogP contribution < -0.4 is 10.1 Å². The minimum atomic E-state index is 0. The van der Waals surface area contributed by atoms with Gasteiger partial charge in [0.15, 0.2) is 0 Å². The van der Waals surface area contributed by atoms with Crippen molar-refractivity contribution in [3.8, 4) is 5.75 Å². The number of amides is 1. The Morgan fingerprint density at radius 1 is 1.50 bits per heavy atom. The Morgan fingerprint density at radius 2 is 2.20 bits per heavy atom. The largest absolute Gasteiger partial charge is 0.495 e. The van der Waals surface area contributed by atoms with Gasteiger partial charge in [-0.05, 0) is 43.3 Å². The van der Waals surface area contributed by atoms with Gasteiger partial charge in [-0.2, -0.15) is 0 Å². The van der Waals surface area contributed by atoms with Crippen LogP contribution in [0.2, 0.25) is 0 Å². The van der Waals surface area contributed by atoms with Crippen LogP contribution in [-0.2, 0) is 0 Å². The normalized spacial score (nSPS) is 15.8.